The molecule has 0 aromatic rings. The summed E-state index contributed by atoms with van der Waals surface area (Å²) in [5.41, 5.74) is -1.39. The molecule has 5 aliphatic rings. The second-order valence-corrected chi connectivity index (χ2v) is 9.40. The summed E-state index contributed by atoms with van der Waals surface area (Å²) in [7, 11) is 0. The van der Waals surface area contributed by atoms with E-state index in [1.54, 1.807) is 0 Å². The van der Waals surface area contributed by atoms with Crippen LogP contribution in [0.4, 0.5) is 4.79 Å². The van der Waals surface area contributed by atoms with Crippen LogP contribution in [-0.4, -0.2) is 41.3 Å². The minimum absolute atomic E-state index is 0.113. The fourth-order valence-electron chi connectivity index (χ4n) is 6.37. The summed E-state index contributed by atoms with van der Waals surface area (Å²) in [6, 6.07) is -0.408. The molecule has 150 valence electrons. The number of aliphatic hydroxyl groups is 1. The lowest BCUT2D eigenvalue weighted by Gasteiger charge is -2.58. The lowest BCUT2D eigenvalue weighted by molar-refractivity contribution is -0.196. The molecule has 27 heavy (non-hydrogen) atoms. The molecule has 4 bridgehead atoms. The lowest BCUT2D eigenvalue weighted by atomic mass is 9.48. The van der Waals surface area contributed by atoms with Crippen LogP contribution in [0.25, 0.3) is 0 Å². The predicted molar refractivity (Wildman–Crippen MR) is 96.6 cm³/mol. The molecule has 7 heteroatoms. The molecule has 0 heterocycles. The zero-order valence-electron chi connectivity index (χ0n) is 15.8. The van der Waals surface area contributed by atoms with Gasteiger partial charge in [0.1, 0.15) is 0 Å². The number of carbonyl (C=O) groups excluding carboxylic acids is 3. The summed E-state index contributed by atoms with van der Waals surface area (Å²) >= 11 is 0. The quantitative estimate of drug-likeness (QED) is 0.649. The number of hydrogen-bond acceptors (Lipinski definition) is 5. The first-order chi connectivity index (χ1) is 12.9. The molecule has 0 aliphatic heterocycles. The first-order valence-electron chi connectivity index (χ1n) is 10.4. The van der Waals surface area contributed by atoms with Crippen molar-refractivity contribution in [2.45, 2.75) is 82.3 Å². The van der Waals surface area contributed by atoms with E-state index in [2.05, 4.69) is 10.6 Å². The Bertz CT molecular complexity index is 614. The predicted octanol–water partition coefficient (Wildman–Crippen LogP) is 2.02. The highest BCUT2D eigenvalue weighted by Gasteiger charge is 2.60. The number of esters is 1. The van der Waals surface area contributed by atoms with Crippen molar-refractivity contribution in [1.29, 1.82) is 0 Å². The average molecular weight is 378 g/mol. The summed E-state index contributed by atoms with van der Waals surface area (Å²) < 4.78 is 5.28. The standard InChI is InChI=1S/C20H30N2O5/c23-16(22-18(25)21-15-4-2-1-3-5-15)11-27-17(24)19-7-13-6-14(8-19)10-20(26,9-13)12-19/h13-15,26H,1-12H2,(H2,21,22,23,25). The number of rotatable bonds is 4. The van der Waals surface area contributed by atoms with Crippen molar-refractivity contribution in [3.8, 4) is 0 Å². The molecule has 3 N–H and O–H groups in total. The molecule has 5 fully saturated rings. The zero-order chi connectivity index (χ0) is 19.1. The van der Waals surface area contributed by atoms with Crippen molar-refractivity contribution in [2.24, 2.45) is 17.3 Å². The highest BCUT2D eigenvalue weighted by Crippen LogP contribution is 2.61. The van der Waals surface area contributed by atoms with Crippen molar-refractivity contribution < 1.29 is 24.2 Å². The molecule has 5 aliphatic carbocycles. The third kappa shape index (κ3) is 3.98. The third-order valence-electron chi connectivity index (χ3n) is 6.99. The fourth-order valence-corrected chi connectivity index (χ4v) is 6.37. The molecule has 0 aromatic heterocycles. The van der Waals surface area contributed by atoms with Gasteiger partial charge >= 0.3 is 12.0 Å². The van der Waals surface area contributed by atoms with Crippen molar-refractivity contribution in [3.05, 3.63) is 0 Å². The van der Waals surface area contributed by atoms with Crippen LogP contribution in [0.5, 0.6) is 0 Å². The summed E-state index contributed by atoms with van der Waals surface area (Å²) in [4.78, 5) is 36.6. The molecule has 3 amide bonds. The minimum atomic E-state index is -0.745. The van der Waals surface area contributed by atoms with E-state index in [4.69, 9.17) is 4.74 Å². The molecule has 2 atom stereocenters. The van der Waals surface area contributed by atoms with Gasteiger partial charge in [0.25, 0.3) is 5.91 Å². The van der Waals surface area contributed by atoms with E-state index >= 15 is 0 Å². The van der Waals surface area contributed by atoms with Crippen molar-refractivity contribution in [3.63, 3.8) is 0 Å². The van der Waals surface area contributed by atoms with Crippen molar-refractivity contribution in [1.82, 2.24) is 10.6 Å². The Labute approximate surface area is 159 Å². The van der Waals surface area contributed by atoms with Crippen LogP contribution in [-0.2, 0) is 14.3 Å². The second-order valence-electron chi connectivity index (χ2n) is 9.40. The molecule has 0 aromatic carbocycles. The Balaban J connectivity index is 1.25. The van der Waals surface area contributed by atoms with Crippen molar-refractivity contribution >= 4 is 17.9 Å². The maximum absolute atomic E-state index is 12.7. The maximum atomic E-state index is 12.7. The maximum Gasteiger partial charge on any atom is 0.321 e. The number of carbonyl (C=O) groups is 3. The van der Waals surface area contributed by atoms with Gasteiger partial charge in [-0.05, 0) is 63.2 Å². The van der Waals surface area contributed by atoms with Crippen LogP contribution in [0.1, 0.15) is 70.6 Å². The minimum Gasteiger partial charge on any atom is -0.455 e. The van der Waals surface area contributed by atoms with E-state index in [1.165, 1.54) is 6.42 Å². The number of imide groups is 1. The first-order valence-corrected chi connectivity index (χ1v) is 10.4. The molecule has 7 nitrogen and oxygen atoms in total. The Morgan fingerprint density at radius 1 is 1.00 bits per heavy atom. The summed E-state index contributed by atoms with van der Waals surface area (Å²) in [6.07, 6.45) is 9.81. The van der Waals surface area contributed by atoms with Gasteiger partial charge < -0.3 is 15.2 Å². The Morgan fingerprint density at radius 3 is 2.30 bits per heavy atom. The van der Waals surface area contributed by atoms with Crippen LogP contribution in [0.3, 0.4) is 0 Å². The fraction of sp³-hybridized carbons (Fsp3) is 0.850. The highest BCUT2D eigenvalue weighted by molar-refractivity contribution is 5.95. The Kier molecular flexibility index (Phi) is 4.91. The van der Waals surface area contributed by atoms with Gasteiger partial charge in [-0.1, -0.05) is 19.3 Å². The van der Waals surface area contributed by atoms with Crippen LogP contribution >= 0.6 is 0 Å². The molecule has 0 spiro atoms. The smallest absolute Gasteiger partial charge is 0.321 e. The SMILES string of the molecule is O=C(COC(=O)C12CC3CC(CC(O)(C3)C1)C2)NC(=O)NC1CCCCC1. The highest BCUT2D eigenvalue weighted by atomic mass is 16.5. The lowest BCUT2D eigenvalue weighted by Crippen LogP contribution is -2.58. The van der Waals surface area contributed by atoms with Crippen LogP contribution in [0.2, 0.25) is 0 Å². The molecule has 5 saturated carbocycles. The summed E-state index contributed by atoms with van der Waals surface area (Å²) in [6.45, 7) is -0.452. The number of nitrogens with one attached hydrogen (secondary N) is 2. The second kappa shape index (κ2) is 7.08. The first kappa shape index (κ1) is 18.7. The molecule has 0 saturated heterocycles. The summed E-state index contributed by atoms with van der Waals surface area (Å²) in [5.74, 6) is -0.254. The number of urea groups is 1. The van der Waals surface area contributed by atoms with Gasteiger partial charge in [0.15, 0.2) is 6.61 Å². The summed E-state index contributed by atoms with van der Waals surface area (Å²) in [5, 5.41) is 15.8. The van der Waals surface area contributed by atoms with Crippen LogP contribution in [0, 0.1) is 17.3 Å². The zero-order valence-corrected chi connectivity index (χ0v) is 15.8. The third-order valence-corrected chi connectivity index (χ3v) is 6.99. The number of ether oxygens (including phenoxy) is 1. The number of hydrogen-bond donors (Lipinski definition) is 3. The Morgan fingerprint density at radius 2 is 1.67 bits per heavy atom. The monoisotopic (exact) mass is 378 g/mol. The molecular formula is C20H30N2O5. The van der Waals surface area contributed by atoms with E-state index < -0.39 is 35.5 Å². The topological polar surface area (TPSA) is 105 Å². The van der Waals surface area contributed by atoms with E-state index in [0.717, 1.165) is 57.8 Å². The van der Waals surface area contributed by atoms with Gasteiger partial charge in [0.2, 0.25) is 0 Å². The molecule has 5 rings (SSSR count). The van der Waals surface area contributed by atoms with Gasteiger partial charge in [-0.15, -0.1) is 0 Å². The van der Waals surface area contributed by atoms with Gasteiger partial charge in [-0.25, -0.2) is 4.79 Å². The van der Waals surface area contributed by atoms with E-state index in [0.29, 0.717) is 18.3 Å². The Hall–Kier alpha value is -1.63. The van der Waals surface area contributed by atoms with Crippen LogP contribution in [0.15, 0.2) is 0 Å². The average Bonchev–Trinajstić information content (AvgIpc) is 2.58. The van der Waals surface area contributed by atoms with Crippen LogP contribution < -0.4 is 10.6 Å². The van der Waals surface area contributed by atoms with E-state index in [-0.39, 0.29) is 6.04 Å². The molecular weight excluding hydrogens is 348 g/mol. The van der Waals surface area contributed by atoms with E-state index in [1.807, 2.05) is 0 Å². The van der Waals surface area contributed by atoms with Gasteiger partial charge in [0, 0.05) is 6.04 Å². The van der Waals surface area contributed by atoms with Gasteiger partial charge in [-0.2, -0.15) is 0 Å². The van der Waals surface area contributed by atoms with Gasteiger partial charge in [0.05, 0.1) is 11.0 Å². The number of amides is 3. The molecule has 2 unspecified atom stereocenters. The van der Waals surface area contributed by atoms with E-state index in [9.17, 15) is 19.5 Å². The normalized spacial score (nSPS) is 37.7. The molecule has 0 radical (unpaired) electrons. The van der Waals surface area contributed by atoms with Gasteiger partial charge in [-0.3, -0.25) is 14.9 Å². The van der Waals surface area contributed by atoms with Crippen molar-refractivity contribution in [2.75, 3.05) is 6.61 Å². The largest absolute Gasteiger partial charge is 0.455 e.